The van der Waals surface area contributed by atoms with Gasteiger partial charge in [-0.2, -0.15) is 0 Å². The van der Waals surface area contributed by atoms with E-state index < -0.39 is 102 Å². The Balaban J connectivity index is 2.07. The van der Waals surface area contributed by atoms with Gasteiger partial charge in [0, 0.05) is 7.11 Å². The molecule has 12 atom stereocenters. The summed E-state index contributed by atoms with van der Waals surface area (Å²) in [5.41, 5.74) is 0. The quantitative estimate of drug-likeness (QED) is 0.118. The van der Waals surface area contributed by atoms with Gasteiger partial charge in [0.15, 0.2) is 12.6 Å². The molecule has 0 aromatic heterocycles. The minimum atomic E-state index is -4.90. The van der Waals surface area contributed by atoms with Gasteiger partial charge in [0.25, 0.3) is 0 Å². The van der Waals surface area contributed by atoms with Crippen LogP contribution in [0.5, 0.6) is 0 Å². The summed E-state index contributed by atoms with van der Waals surface area (Å²) in [6.45, 7) is -2.69. The molecule has 17 heteroatoms. The van der Waals surface area contributed by atoms with Crippen LogP contribution in [-0.2, 0) is 32.6 Å². The summed E-state index contributed by atoms with van der Waals surface area (Å²) in [4.78, 5) is 9.82. The van der Waals surface area contributed by atoms with Gasteiger partial charge in [-0.3, -0.25) is 9.05 Å². The van der Waals surface area contributed by atoms with Gasteiger partial charge in [0.05, 0.1) is 26.4 Å². The Bertz CT molecular complexity index is 632. The molecule has 2 aliphatic heterocycles. The van der Waals surface area contributed by atoms with Crippen LogP contribution in [0.15, 0.2) is 0 Å². The zero-order valence-corrected chi connectivity index (χ0v) is 18.4. The molecule has 9 N–H and O–H groups in total. The van der Waals surface area contributed by atoms with Crippen molar-refractivity contribution in [1.82, 2.24) is 0 Å². The second kappa shape index (κ2) is 12.5. The van der Waals surface area contributed by atoms with Crippen molar-refractivity contribution in [3.05, 3.63) is 0 Å². The van der Waals surface area contributed by atoms with Crippen molar-refractivity contribution < 1.29 is 78.3 Å². The van der Waals surface area contributed by atoms with Crippen LogP contribution in [0.2, 0.25) is 0 Å². The first kappa shape index (κ1) is 28.9. The number of aliphatic hydroxyl groups excluding tert-OH is 8. The number of hydrogen-bond acceptors (Lipinski definition) is 15. The molecule has 0 radical (unpaired) electrons. The van der Waals surface area contributed by atoms with Crippen LogP contribution in [0.3, 0.4) is 0 Å². The molecule has 2 aliphatic rings. The molecule has 2 fully saturated rings. The highest BCUT2D eigenvalue weighted by Gasteiger charge is 2.52. The molecule has 0 spiro atoms. The predicted octanol–water partition coefficient (Wildman–Crippen LogP) is -5.25. The number of rotatable bonds is 11. The second-order valence-corrected chi connectivity index (χ2v) is 8.82. The maximum atomic E-state index is 12.1. The molecular formula is C16H31O16P. The molecular weight excluding hydrogens is 479 g/mol. The largest absolute Gasteiger partial charge is 0.474 e. The van der Waals surface area contributed by atoms with Gasteiger partial charge in [0.1, 0.15) is 54.9 Å². The standard InChI is InChI=1S/C16H31O16P/c1-27-6(2-17)5-28-33(25,26)32-16-13(24)11(22)14(8(4-19)30-16)31-15-12(23)10(21)9(20)7(3-18)29-15/h6-24H,2-5H2,1H3,(H,25,26)/t6?,7?,8?,9-,10?,11?,12-,13?,14+,15-,16-/m0/s1. The van der Waals surface area contributed by atoms with Crippen LogP contribution < -0.4 is 0 Å². The molecule has 0 bridgehead atoms. The van der Waals surface area contributed by atoms with E-state index in [2.05, 4.69) is 4.52 Å². The molecule has 0 amide bonds. The lowest BCUT2D eigenvalue weighted by molar-refractivity contribution is -0.353. The van der Waals surface area contributed by atoms with Crippen molar-refractivity contribution >= 4 is 7.82 Å². The molecule has 0 aromatic rings. The zero-order chi connectivity index (χ0) is 24.9. The van der Waals surface area contributed by atoms with E-state index in [1.165, 1.54) is 7.11 Å². The van der Waals surface area contributed by atoms with Crippen molar-refractivity contribution in [2.45, 2.75) is 67.5 Å². The normalized spacial score (nSPS) is 42.6. The van der Waals surface area contributed by atoms with Gasteiger partial charge < -0.3 is 64.7 Å². The second-order valence-electron chi connectivity index (χ2n) is 7.41. The highest BCUT2D eigenvalue weighted by atomic mass is 31.2. The average molecular weight is 510 g/mol. The molecule has 196 valence electrons. The SMILES string of the molecule is COC(CO)COP(=O)(O)O[C@@H]1OC(CO)[C@@H](O[C@@H]2OC(CO)[C@H](O)C(O)[C@@H]2O)C(O)C1O. The predicted molar refractivity (Wildman–Crippen MR) is 101 cm³/mol. The minimum absolute atomic E-state index is 0.526. The molecule has 2 heterocycles. The Morgan fingerprint density at radius 3 is 1.97 bits per heavy atom. The van der Waals surface area contributed by atoms with Crippen LogP contribution in [0.4, 0.5) is 0 Å². The van der Waals surface area contributed by atoms with Gasteiger partial charge in [-0.15, -0.1) is 0 Å². The number of hydrogen-bond donors (Lipinski definition) is 9. The molecule has 2 saturated heterocycles. The van der Waals surface area contributed by atoms with E-state index in [1.807, 2.05) is 0 Å². The van der Waals surface area contributed by atoms with E-state index in [0.29, 0.717) is 0 Å². The molecule has 7 unspecified atom stereocenters. The third kappa shape index (κ3) is 7.08. The first-order valence-corrected chi connectivity index (χ1v) is 11.4. The van der Waals surface area contributed by atoms with E-state index in [4.69, 9.17) is 28.6 Å². The molecule has 33 heavy (non-hydrogen) atoms. The van der Waals surface area contributed by atoms with E-state index in [1.54, 1.807) is 0 Å². The lowest BCUT2D eigenvalue weighted by Gasteiger charge is -2.45. The lowest BCUT2D eigenvalue weighted by Crippen LogP contribution is -2.64. The summed E-state index contributed by atoms with van der Waals surface area (Å²) in [6, 6.07) is 0. The highest BCUT2D eigenvalue weighted by molar-refractivity contribution is 7.47. The molecule has 16 nitrogen and oxygen atoms in total. The summed E-state index contributed by atoms with van der Waals surface area (Å²) in [5.74, 6) is 0. The average Bonchev–Trinajstić information content (AvgIpc) is 2.79. The van der Waals surface area contributed by atoms with Gasteiger partial charge in [0.2, 0.25) is 0 Å². The van der Waals surface area contributed by atoms with Crippen molar-refractivity contribution in [2.75, 3.05) is 33.5 Å². The fourth-order valence-electron chi connectivity index (χ4n) is 3.18. The van der Waals surface area contributed by atoms with Crippen LogP contribution >= 0.6 is 7.82 Å². The Labute approximate surface area is 188 Å². The Morgan fingerprint density at radius 2 is 1.42 bits per heavy atom. The van der Waals surface area contributed by atoms with Gasteiger partial charge >= 0.3 is 7.82 Å². The maximum Gasteiger partial charge on any atom is 0.474 e. The summed E-state index contributed by atoms with van der Waals surface area (Å²) >= 11 is 0. The first-order chi connectivity index (χ1) is 15.5. The monoisotopic (exact) mass is 510 g/mol. The lowest BCUT2D eigenvalue weighted by atomic mass is 9.97. The van der Waals surface area contributed by atoms with Crippen LogP contribution in [-0.4, -0.2) is 147 Å². The van der Waals surface area contributed by atoms with Crippen LogP contribution in [0.25, 0.3) is 0 Å². The van der Waals surface area contributed by atoms with Crippen LogP contribution in [0.1, 0.15) is 0 Å². The number of aliphatic hydroxyl groups is 8. The van der Waals surface area contributed by atoms with E-state index >= 15 is 0 Å². The fourth-order valence-corrected chi connectivity index (χ4v) is 4.03. The van der Waals surface area contributed by atoms with E-state index in [-0.39, 0.29) is 0 Å². The van der Waals surface area contributed by atoms with Crippen molar-refractivity contribution in [3.63, 3.8) is 0 Å². The summed E-state index contributed by atoms with van der Waals surface area (Å²) in [5, 5.41) is 78.4. The van der Waals surface area contributed by atoms with Crippen molar-refractivity contribution in [2.24, 2.45) is 0 Å². The fraction of sp³-hybridized carbons (Fsp3) is 1.00. The number of phosphoric acid groups is 1. The smallest absolute Gasteiger partial charge is 0.394 e. The van der Waals surface area contributed by atoms with Crippen LogP contribution in [0, 0.1) is 0 Å². The van der Waals surface area contributed by atoms with Gasteiger partial charge in [-0.1, -0.05) is 0 Å². The Hall–Kier alpha value is -0.370. The zero-order valence-electron chi connectivity index (χ0n) is 17.5. The molecule has 0 saturated carbocycles. The highest BCUT2D eigenvalue weighted by Crippen LogP contribution is 2.46. The first-order valence-electron chi connectivity index (χ1n) is 9.87. The summed E-state index contributed by atoms with van der Waals surface area (Å²) in [6.07, 6.45) is -18.3. The third-order valence-corrected chi connectivity index (χ3v) is 6.11. The topological polar surface area (TPSA) is 255 Å². The Kier molecular flexibility index (Phi) is 11.0. The molecule has 0 aliphatic carbocycles. The number of ether oxygens (including phenoxy) is 4. The Morgan fingerprint density at radius 1 is 0.848 bits per heavy atom. The third-order valence-electron chi connectivity index (χ3n) is 5.16. The van der Waals surface area contributed by atoms with Crippen molar-refractivity contribution in [3.8, 4) is 0 Å². The van der Waals surface area contributed by atoms with E-state index in [9.17, 15) is 45.2 Å². The van der Waals surface area contributed by atoms with Crippen molar-refractivity contribution in [1.29, 1.82) is 0 Å². The number of methoxy groups -OCH3 is 1. The molecule has 2 rings (SSSR count). The van der Waals surface area contributed by atoms with E-state index in [0.717, 1.165) is 0 Å². The van der Waals surface area contributed by atoms with Gasteiger partial charge in [-0.05, 0) is 0 Å². The van der Waals surface area contributed by atoms with Gasteiger partial charge in [-0.25, -0.2) is 4.57 Å². The number of phosphoric ester groups is 1. The summed E-state index contributed by atoms with van der Waals surface area (Å²) in [7, 11) is -3.68. The molecule has 0 aromatic carbocycles. The summed E-state index contributed by atoms with van der Waals surface area (Å²) < 4.78 is 42.0. The minimum Gasteiger partial charge on any atom is -0.394 e. The maximum absolute atomic E-state index is 12.1.